The van der Waals surface area contributed by atoms with Gasteiger partial charge in [0.05, 0.1) is 5.02 Å². The summed E-state index contributed by atoms with van der Waals surface area (Å²) in [6.07, 6.45) is -3.71. The van der Waals surface area contributed by atoms with E-state index in [1.54, 1.807) is 0 Å². The molecule has 16 heavy (non-hydrogen) atoms. The normalized spacial score (nSPS) is 12.9. The first-order chi connectivity index (χ1) is 7.41. The number of benzene rings is 1. The van der Waals surface area contributed by atoms with E-state index < -0.39 is 24.6 Å². The number of aliphatic hydroxyl groups excluding tert-OH is 2. The number of hydrogen-bond acceptors (Lipinski definition) is 4. The molecule has 4 nitrogen and oxygen atoms in total. The first kappa shape index (κ1) is 13.4. The van der Waals surface area contributed by atoms with E-state index in [1.807, 2.05) is 0 Å². The maximum atomic E-state index is 11.6. The third-order valence-electron chi connectivity index (χ3n) is 1.93. The van der Waals surface area contributed by atoms with Crippen LogP contribution in [0.3, 0.4) is 0 Å². The van der Waals surface area contributed by atoms with Crippen molar-refractivity contribution in [2.45, 2.75) is 18.8 Å². The van der Waals surface area contributed by atoms with Crippen LogP contribution in [0.15, 0.2) is 18.2 Å². The van der Waals surface area contributed by atoms with Gasteiger partial charge in [0.25, 0.3) is 0 Å². The van der Waals surface area contributed by atoms with Crippen LogP contribution in [0.25, 0.3) is 0 Å². The van der Waals surface area contributed by atoms with E-state index in [9.17, 15) is 9.90 Å². The Hall–Kier alpha value is -0.650. The summed E-state index contributed by atoms with van der Waals surface area (Å²) in [6.45, 7) is 0. The highest BCUT2D eigenvalue weighted by Gasteiger charge is 2.21. The molecule has 0 aliphatic carbocycles. The topological polar surface area (TPSA) is 77.8 Å². The van der Waals surface area contributed by atoms with Crippen LogP contribution < -0.4 is 0 Å². The Morgan fingerprint density at radius 3 is 2.38 bits per heavy atom. The zero-order valence-electron chi connectivity index (χ0n) is 8.10. The van der Waals surface area contributed by atoms with E-state index in [0.717, 1.165) is 0 Å². The quantitative estimate of drug-likeness (QED) is 0.565. The first-order valence-corrected chi connectivity index (χ1v) is 5.21. The Labute approximate surface area is 102 Å². The Kier molecular flexibility index (Phi) is 4.70. The highest BCUT2D eigenvalue weighted by molar-refractivity contribution is 6.37. The van der Waals surface area contributed by atoms with Gasteiger partial charge in [-0.3, -0.25) is 4.79 Å². The van der Waals surface area contributed by atoms with Gasteiger partial charge in [0, 0.05) is 17.0 Å². The van der Waals surface area contributed by atoms with Gasteiger partial charge in [-0.1, -0.05) is 23.2 Å². The fraction of sp³-hybridized carbons (Fsp3) is 0.300. The van der Waals surface area contributed by atoms with Crippen molar-refractivity contribution in [2.24, 2.45) is 0 Å². The second kappa shape index (κ2) is 5.61. The summed E-state index contributed by atoms with van der Waals surface area (Å²) >= 11 is 11.4. The molecule has 0 bridgehead atoms. The molecule has 0 aliphatic heterocycles. The van der Waals surface area contributed by atoms with Gasteiger partial charge in [0.1, 0.15) is 6.10 Å². The van der Waals surface area contributed by atoms with Crippen molar-refractivity contribution in [3.05, 3.63) is 33.8 Å². The van der Waals surface area contributed by atoms with Gasteiger partial charge in [-0.15, -0.1) is 0 Å². The maximum absolute atomic E-state index is 11.6. The molecular formula is C10H10Cl2O4. The molecule has 1 atom stereocenters. The lowest BCUT2D eigenvalue weighted by Gasteiger charge is -2.11. The van der Waals surface area contributed by atoms with E-state index in [1.165, 1.54) is 18.2 Å². The lowest BCUT2D eigenvalue weighted by atomic mass is 10.0. The van der Waals surface area contributed by atoms with Crippen LogP contribution >= 0.6 is 23.2 Å². The first-order valence-electron chi connectivity index (χ1n) is 4.45. The number of Topliss-reactive ketones (excluding diaryl/α,β-unsaturated/α-hetero) is 1. The van der Waals surface area contributed by atoms with Gasteiger partial charge >= 0.3 is 0 Å². The highest BCUT2D eigenvalue weighted by Crippen LogP contribution is 2.22. The molecule has 0 radical (unpaired) electrons. The molecule has 0 amide bonds. The Balaban J connectivity index is 2.88. The lowest BCUT2D eigenvalue weighted by Crippen LogP contribution is -2.26. The fourth-order valence-corrected chi connectivity index (χ4v) is 1.68. The predicted octanol–water partition coefficient (Wildman–Crippen LogP) is 1.24. The second-order valence-electron chi connectivity index (χ2n) is 3.22. The molecule has 0 saturated heterocycles. The van der Waals surface area contributed by atoms with Crippen molar-refractivity contribution in [1.29, 1.82) is 0 Å². The van der Waals surface area contributed by atoms with E-state index >= 15 is 0 Å². The van der Waals surface area contributed by atoms with Crippen molar-refractivity contribution < 1.29 is 20.1 Å². The van der Waals surface area contributed by atoms with Crippen molar-refractivity contribution in [1.82, 2.24) is 0 Å². The maximum Gasteiger partial charge on any atom is 0.192 e. The number of rotatable bonds is 4. The van der Waals surface area contributed by atoms with Crippen LogP contribution in [0.4, 0.5) is 0 Å². The number of carbonyl (C=O) groups is 1. The van der Waals surface area contributed by atoms with Crippen LogP contribution in [-0.2, 0) is 0 Å². The van der Waals surface area contributed by atoms with Gasteiger partial charge in [-0.2, -0.15) is 0 Å². The lowest BCUT2D eigenvalue weighted by molar-refractivity contribution is -0.0646. The summed E-state index contributed by atoms with van der Waals surface area (Å²) < 4.78 is 0. The Morgan fingerprint density at radius 2 is 1.88 bits per heavy atom. The van der Waals surface area contributed by atoms with E-state index in [-0.39, 0.29) is 10.6 Å². The molecular weight excluding hydrogens is 255 g/mol. The smallest absolute Gasteiger partial charge is 0.192 e. The minimum atomic E-state index is -1.75. The van der Waals surface area contributed by atoms with Gasteiger partial charge in [0.2, 0.25) is 0 Å². The number of aliphatic hydroxyl groups is 3. The Bertz CT molecular complexity index is 392. The second-order valence-corrected chi connectivity index (χ2v) is 4.06. The average molecular weight is 265 g/mol. The summed E-state index contributed by atoms with van der Waals surface area (Å²) in [4.78, 5) is 11.6. The number of halogens is 2. The van der Waals surface area contributed by atoms with Gasteiger partial charge < -0.3 is 15.3 Å². The van der Waals surface area contributed by atoms with Gasteiger partial charge in [-0.05, 0) is 18.2 Å². The molecule has 1 aromatic carbocycles. The SMILES string of the molecule is O=C(c1ccc(Cl)cc1Cl)C(O)CC(O)O. The molecule has 0 aromatic heterocycles. The van der Waals surface area contributed by atoms with Crippen molar-refractivity contribution in [3.63, 3.8) is 0 Å². The minimum absolute atomic E-state index is 0.0965. The summed E-state index contributed by atoms with van der Waals surface area (Å²) in [5, 5.41) is 27.1. The average Bonchev–Trinajstić information content (AvgIpc) is 2.15. The summed E-state index contributed by atoms with van der Waals surface area (Å²) in [5.74, 6) is -0.672. The summed E-state index contributed by atoms with van der Waals surface area (Å²) in [5.41, 5.74) is 0.0965. The van der Waals surface area contributed by atoms with Crippen molar-refractivity contribution in [2.75, 3.05) is 0 Å². The zero-order valence-corrected chi connectivity index (χ0v) is 9.61. The van der Waals surface area contributed by atoms with Crippen molar-refractivity contribution >= 4 is 29.0 Å². The monoisotopic (exact) mass is 264 g/mol. The molecule has 6 heteroatoms. The van der Waals surface area contributed by atoms with Crippen LogP contribution in [0, 0.1) is 0 Å². The minimum Gasteiger partial charge on any atom is -0.385 e. The largest absolute Gasteiger partial charge is 0.385 e. The van der Waals surface area contributed by atoms with Crippen LogP contribution in [0.2, 0.25) is 10.0 Å². The number of hydrogen-bond donors (Lipinski definition) is 3. The third kappa shape index (κ3) is 3.43. The van der Waals surface area contributed by atoms with Crippen LogP contribution in [0.5, 0.6) is 0 Å². The van der Waals surface area contributed by atoms with E-state index in [2.05, 4.69) is 0 Å². The molecule has 0 saturated carbocycles. The predicted molar refractivity (Wildman–Crippen MR) is 59.6 cm³/mol. The van der Waals surface area contributed by atoms with Crippen molar-refractivity contribution in [3.8, 4) is 0 Å². The highest BCUT2D eigenvalue weighted by atomic mass is 35.5. The molecule has 0 spiro atoms. The molecule has 3 N–H and O–H groups in total. The third-order valence-corrected chi connectivity index (χ3v) is 2.48. The van der Waals surface area contributed by atoms with Crippen LogP contribution in [0.1, 0.15) is 16.8 Å². The molecule has 1 aromatic rings. The Morgan fingerprint density at radius 1 is 1.25 bits per heavy atom. The number of carbonyl (C=O) groups excluding carboxylic acids is 1. The van der Waals surface area contributed by atoms with Gasteiger partial charge in [0.15, 0.2) is 12.1 Å². The molecule has 0 heterocycles. The van der Waals surface area contributed by atoms with Gasteiger partial charge in [-0.25, -0.2) is 0 Å². The molecule has 88 valence electrons. The zero-order chi connectivity index (χ0) is 12.3. The molecule has 0 aliphatic rings. The fourth-order valence-electron chi connectivity index (χ4n) is 1.18. The standard InChI is InChI=1S/C10H10Cl2O4/c11-5-1-2-6(7(12)3-5)10(16)8(13)4-9(14)15/h1-3,8-9,13-15H,4H2. The molecule has 1 rings (SSSR count). The summed E-state index contributed by atoms with van der Waals surface area (Å²) in [6, 6.07) is 4.21. The molecule has 0 fully saturated rings. The molecule has 1 unspecified atom stereocenters. The van der Waals surface area contributed by atoms with E-state index in [0.29, 0.717) is 5.02 Å². The number of ketones is 1. The van der Waals surface area contributed by atoms with Crippen LogP contribution in [-0.4, -0.2) is 33.5 Å². The van der Waals surface area contributed by atoms with E-state index in [4.69, 9.17) is 33.4 Å². The summed E-state index contributed by atoms with van der Waals surface area (Å²) in [7, 11) is 0.